The number of aliphatic hydroxyl groups excluding tert-OH is 1. The molecule has 1 aliphatic heterocycles. The largest absolute Gasteiger partial charge is 0.495 e. The van der Waals surface area contributed by atoms with Gasteiger partial charge < -0.3 is 30.3 Å². The van der Waals surface area contributed by atoms with Crippen LogP contribution in [-0.2, 0) is 23.7 Å². The molecule has 3 aromatic rings. The summed E-state index contributed by atoms with van der Waals surface area (Å²) in [5.74, 6) is -0.437. The number of rotatable bonds is 9. The van der Waals surface area contributed by atoms with Gasteiger partial charge in [0.1, 0.15) is 17.1 Å². The van der Waals surface area contributed by atoms with Gasteiger partial charge in [-0.1, -0.05) is 12.1 Å². The molecule has 5 rings (SSSR count). The van der Waals surface area contributed by atoms with E-state index in [0.717, 1.165) is 24.0 Å². The Kier molecular flexibility index (Phi) is 8.96. The Hall–Kier alpha value is -3.67. The van der Waals surface area contributed by atoms with Crippen molar-refractivity contribution in [2.24, 2.45) is 0 Å². The molecule has 10 nitrogen and oxygen atoms in total. The quantitative estimate of drug-likeness (QED) is 0.226. The molecule has 1 aromatic heterocycles. The van der Waals surface area contributed by atoms with E-state index in [9.17, 15) is 27.6 Å². The maximum atomic E-state index is 14.0. The Morgan fingerprint density at radius 2 is 1.84 bits per heavy atom. The minimum absolute atomic E-state index is 0.0759. The summed E-state index contributed by atoms with van der Waals surface area (Å²) in [5, 5.41) is 15.6. The van der Waals surface area contributed by atoms with Crippen molar-refractivity contribution >= 4 is 37.1 Å². The molecule has 1 atom stereocenters. The fourth-order valence-corrected chi connectivity index (χ4v) is 6.19. The Balaban J connectivity index is 1.47. The van der Waals surface area contributed by atoms with E-state index in [1.54, 1.807) is 30.1 Å². The number of fused-ring (bicyclic) bond motifs is 1. The van der Waals surface area contributed by atoms with Crippen LogP contribution < -0.4 is 15.4 Å². The first-order valence-electron chi connectivity index (χ1n) is 13.9. The monoisotopic (exact) mass is 619 g/mol. The van der Waals surface area contributed by atoms with Crippen LogP contribution in [0.15, 0.2) is 36.5 Å². The van der Waals surface area contributed by atoms with Crippen molar-refractivity contribution in [1.29, 1.82) is 0 Å². The second kappa shape index (κ2) is 12.5. The average Bonchev–Trinajstić information content (AvgIpc) is 3.26. The molecule has 14 heteroatoms. The van der Waals surface area contributed by atoms with Crippen molar-refractivity contribution in [3.05, 3.63) is 64.3 Å². The molecule has 0 bridgehead atoms. The number of carbonyl (C=O) groups excluding carboxylic acids is 1. The number of halogens is 3. The molecule has 2 heterocycles. The van der Waals surface area contributed by atoms with Gasteiger partial charge in [-0.15, -0.1) is 0 Å². The smallest absolute Gasteiger partial charge is 0.421 e. The molecule has 43 heavy (non-hydrogen) atoms. The topological polar surface area (TPSA) is 137 Å². The van der Waals surface area contributed by atoms with Gasteiger partial charge in [0.15, 0.2) is 8.03 Å². The Bertz CT molecular complexity index is 1550. The van der Waals surface area contributed by atoms with Gasteiger partial charge in [0.25, 0.3) is 5.91 Å². The van der Waals surface area contributed by atoms with Gasteiger partial charge in [0, 0.05) is 26.0 Å². The Labute approximate surface area is 247 Å². The van der Waals surface area contributed by atoms with Crippen molar-refractivity contribution in [1.82, 2.24) is 14.9 Å². The van der Waals surface area contributed by atoms with Crippen molar-refractivity contribution in [3.63, 3.8) is 0 Å². The van der Waals surface area contributed by atoms with Crippen molar-refractivity contribution < 1.29 is 37.3 Å². The minimum atomic E-state index is -4.77. The van der Waals surface area contributed by atoms with Crippen molar-refractivity contribution in [2.75, 3.05) is 31.0 Å². The number of aromatic nitrogens is 2. The number of ether oxygens (including phenoxy) is 1. The zero-order valence-electron chi connectivity index (χ0n) is 23.7. The molecule has 1 aliphatic carbocycles. The van der Waals surface area contributed by atoms with Crippen LogP contribution in [0.25, 0.3) is 0 Å². The summed E-state index contributed by atoms with van der Waals surface area (Å²) in [7, 11) is 0.390. The summed E-state index contributed by atoms with van der Waals surface area (Å²) in [6.45, 7) is 0.407. The first-order valence-corrected chi connectivity index (χ1v) is 15.5. The van der Waals surface area contributed by atoms with Gasteiger partial charge in [-0.3, -0.25) is 9.36 Å². The van der Waals surface area contributed by atoms with Crippen LogP contribution >= 0.6 is 8.03 Å². The van der Waals surface area contributed by atoms with Crippen molar-refractivity contribution in [2.45, 2.75) is 56.8 Å². The highest BCUT2D eigenvalue weighted by Crippen LogP contribution is 2.42. The summed E-state index contributed by atoms with van der Waals surface area (Å²) < 4.78 is 58.4. The number of nitrogens with zero attached hydrogens (tertiary/aromatic N) is 3. The van der Waals surface area contributed by atoms with Gasteiger partial charge in [0.2, 0.25) is 5.95 Å². The van der Waals surface area contributed by atoms with E-state index >= 15 is 0 Å². The third-order valence-corrected chi connectivity index (χ3v) is 8.61. The van der Waals surface area contributed by atoms with E-state index in [0.29, 0.717) is 48.8 Å². The van der Waals surface area contributed by atoms with Gasteiger partial charge in [0.05, 0.1) is 30.2 Å². The molecule has 0 saturated heterocycles. The molecule has 1 unspecified atom stereocenters. The van der Waals surface area contributed by atoms with Gasteiger partial charge in [-0.05, 0) is 72.9 Å². The number of alkyl halides is 3. The van der Waals surface area contributed by atoms with Crippen molar-refractivity contribution in [3.8, 4) is 5.75 Å². The van der Waals surface area contributed by atoms with E-state index < -0.39 is 25.6 Å². The molecule has 2 aliphatic rings. The molecule has 2 aromatic carbocycles. The third kappa shape index (κ3) is 6.79. The fourth-order valence-electron chi connectivity index (χ4n) is 5.69. The van der Waals surface area contributed by atoms with E-state index in [1.807, 2.05) is 6.07 Å². The molecule has 1 fully saturated rings. The molecular weight excluding hydrogens is 586 g/mol. The van der Waals surface area contributed by atoms with Crippen LogP contribution in [0, 0.1) is 0 Å². The maximum absolute atomic E-state index is 14.0. The number of hydrogen-bond acceptors (Lipinski definition) is 8. The highest BCUT2D eigenvalue weighted by molar-refractivity contribution is 7.37. The molecule has 4 N–H and O–H groups in total. The zero-order chi connectivity index (χ0) is 30.9. The van der Waals surface area contributed by atoms with E-state index in [4.69, 9.17) is 9.63 Å². The van der Waals surface area contributed by atoms with Crippen LogP contribution in [0.3, 0.4) is 0 Å². The van der Waals surface area contributed by atoms with E-state index in [-0.39, 0.29) is 41.5 Å². The predicted octanol–water partition coefficient (Wildman–Crippen LogP) is 5.60. The molecule has 0 radical (unpaired) electrons. The number of anilines is 4. The molecule has 230 valence electrons. The lowest BCUT2D eigenvalue weighted by Gasteiger charge is -2.27. The highest BCUT2D eigenvalue weighted by atomic mass is 31.1. The third-order valence-electron chi connectivity index (χ3n) is 7.93. The number of aryl methyl sites for hydroxylation is 1. The lowest BCUT2D eigenvalue weighted by Crippen LogP contribution is -2.18. The summed E-state index contributed by atoms with van der Waals surface area (Å²) in [6.07, 6.45) is -1.03. The zero-order valence-corrected chi connectivity index (χ0v) is 24.7. The van der Waals surface area contributed by atoms with Gasteiger partial charge in [-0.25, -0.2) is 4.98 Å². The summed E-state index contributed by atoms with van der Waals surface area (Å²) in [4.78, 5) is 32.0. The second-order valence-corrected chi connectivity index (χ2v) is 12.1. The van der Waals surface area contributed by atoms with Crippen LogP contribution in [-0.4, -0.2) is 57.2 Å². The van der Waals surface area contributed by atoms with Crippen LogP contribution in [0.5, 0.6) is 5.75 Å². The van der Waals surface area contributed by atoms with Crippen LogP contribution in [0.2, 0.25) is 0 Å². The molecule has 0 spiro atoms. The Morgan fingerprint density at radius 1 is 1.12 bits per heavy atom. The predicted molar refractivity (Wildman–Crippen MR) is 156 cm³/mol. The number of methoxy groups -OCH3 is 1. The Morgan fingerprint density at radius 3 is 2.51 bits per heavy atom. The second-order valence-electron chi connectivity index (χ2n) is 10.9. The lowest BCUT2D eigenvalue weighted by molar-refractivity contribution is -0.137. The standard InChI is InChI=1S/C29H33F3N5O5P/c1-37-15-20-19(17-4-6-18(38)7-5-17)8-10-23(25(20)27(37)39)35-28-33-14-21(29(30,31)32)26(36-28)34-22-9-3-16(11-12-43(40)41)13-24(22)42-2/h3,8-10,13-14,17-18,38,43H,4-7,11-12,15H2,1-2H3,(H,40,41)(H2,33,34,35,36). The molecule has 1 amide bonds. The minimum Gasteiger partial charge on any atom is -0.495 e. The number of aliphatic hydroxyl groups is 1. The number of benzene rings is 2. The lowest BCUT2D eigenvalue weighted by atomic mass is 9.80. The van der Waals surface area contributed by atoms with Crippen LogP contribution in [0.4, 0.5) is 36.3 Å². The first-order chi connectivity index (χ1) is 20.4. The summed E-state index contributed by atoms with van der Waals surface area (Å²) >= 11 is 0. The van der Waals surface area contributed by atoms with E-state index in [2.05, 4.69) is 20.6 Å². The normalized spacial score (nSPS) is 19.2. The summed E-state index contributed by atoms with van der Waals surface area (Å²) in [6, 6.07) is 8.39. The number of amides is 1. The molecule has 1 saturated carbocycles. The maximum Gasteiger partial charge on any atom is 0.421 e. The highest BCUT2D eigenvalue weighted by Gasteiger charge is 2.36. The number of carbonyl (C=O) groups is 1. The number of nitrogens with one attached hydrogen (secondary N) is 2. The van der Waals surface area contributed by atoms with Gasteiger partial charge in [-0.2, -0.15) is 18.2 Å². The SMILES string of the molecule is COc1cc(CC[PH](=O)O)ccc1Nc1nc(Nc2ccc(C3CCC(O)CC3)c3c2C(=O)N(C)C3)ncc1C(F)(F)F. The first kappa shape index (κ1) is 30.8. The van der Waals surface area contributed by atoms with E-state index in [1.165, 1.54) is 13.2 Å². The summed E-state index contributed by atoms with van der Waals surface area (Å²) in [5.41, 5.74) is 2.53. The van der Waals surface area contributed by atoms with Gasteiger partial charge >= 0.3 is 6.18 Å². The molecular formula is C29H33F3N5O5P. The average molecular weight is 620 g/mol. The van der Waals surface area contributed by atoms with Crippen LogP contribution in [0.1, 0.15) is 64.2 Å². The fraction of sp³-hybridized carbons (Fsp3) is 0.414. The number of hydrogen-bond donors (Lipinski definition) is 4.